The molecule has 0 unspecified atom stereocenters. The Morgan fingerprint density at radius 2 is 1.75 bits per heavy atom. The van der Waals surface area contributed by atoms with Crippen LogP contribution in [0.4, 0.5) is 5.69 Å². The maximum atomic E-state index is 11.9. The van der Waals surface area contributed by atoms with Crippen molar-refractivity contribution in [3.63, 3.8) is 0 Å². The molecule has 0 bridgehead atoms. The number of carbonyl (C=O) groups excluding carboxylic acids is 1. The molecule has 0 atom stereocenters. The topological polar surface area (TPSA) is 86.1 Å². The molecule has 0 aliphatic carbocycles. The van der Waals surface area contributed by atoms with E-state index in [0.29, 0.717) is 11.3 Å². The maximum absolute atomic E-state index is 11.9. The van der Waals surface area contributed by atoms with Gasteiger partial charge >= 0.3 is 0 Å². The summed E-state index contributed by atoms with van der Waals surface area (Å²) in [7, 11) is 0. The lowest BCUT2D eigenvalue weighted by molar-refractivity contribution is 0.104. The number of hydrogen-bond acceptors (Lipinski definition) is 3. The third-order valence-corrected chi connectivity index (χ3v) is 2.63. The highest BCUT2D eigenvalue weighted by Gasteiger charge is 2.01. The van der Waals surface area contributed by atoms with Gasteiger partial charge in [0.2, 0.25) is 0 Å². The second-order valence-electron chi connectivity index (χ2n) is 4.03. The van der Waals surface area contributed by atoms with Crippen LogP contribution in [0.3, 0.4) is 0 Å². The van der Waals surface area contributed by atoms with E-state index in [1.54, 1.807) is 42.5 Å². The summed E-state index contributed by atoms with van der Waals surface area (Å²) < 4.78 is 0. The Morgan fingerprint density at radius 3 is 2.35 bits per heavy atom. The Hall–Kier alpha value is -3.04. The van der Waals surface area contributed by atoms with Crippen molar-refractivity contribution in [1.82, 2.24) is 0 Å². The molecule has 2 aromatic rings. The monoisotopic (exact) mass is 265 g/mol. The van der Waals surface area contributed by atoms with E-state index in [2.05, 4.69) is 10.0 Å². The molecule has 20 heavy (non-hydrogen) atoms. The molecular weight excluding hydrogens is 254 g/mol. The molecule has 0 aliphatic heterocycles. The van der Waals surface area contributed by atoms with Gasteiger partial charge in [0.15, 0.2) is 5.78 Å². The van der Waals surface area contributed by atoms with E-state index in [9.17, 15) is 4.79 Å². The summed E-state index contributed by atoms with van der Waals surface area (Å²) in [6, 6.07) is 12.9. The van der Waals surface area contributed by atoms with Crippen LogP contribution in [0.1, 0.15) is 15.9 Å². The van der Waals surface area contributed by atoms with Crippen LogP contribution >= 0.6 is 0 Å². The first-order valence-corrected chi connectivity index (χ1v) is 5.85. The third kappa shape index (κ3) is 3.48. The van der Waals surface area contributed by atoms with Crippen molar-refractivity contribution in [3.8, 4) is 5.75 Å². The highest BCUT2D eigenvalue weighted by molar-refractivity contribution is 6.06. The van der Waals surface area contributed by atoms with E-state index >= 15 is 0 Å². The Balaban J connectivity index is 2.10. The molecule has 0 aliphatic rings. The van der Waals surface area contributed by atoms with Gasteiger partial charge in [-0.25, -0.2) is 0 Å². The first-order chi connectivity index (χ1) is 9.69. The van der Waals surface area contributed by atoms with Crippen LogP contribution < -0.4 is 0 Å². The molecule has 0 saturated carbocycles. The van der Waals surface area contributed by atoms with Crippen molar-refractivity contribution >= 4 is 17.5 Å². The largest absolute Gasteiger partial charge is 0.508 e. The fraction of sp³-hybridized carbons (Fsp3) is 0. The van der Waals surface area contributed by atoms with Crippen molar-refractivity contribution in [2.45, 2.75) is 0 Å². The average Bonchev–Trinajstić information content (AvgIpc) is 2.47. The number of allylic oxidation sites excluding steroid dienone is 1. The molecule has 5 nitrogen and oxygen atoms in total. The molecule has 0 spiro atoms. The number of carbonyl (C=O) groups is 1. The second kappa shape index (κ2) is 6.22. The molecule has 1 N–H and O–H groups in total. The molecule has 0 saturated heterocycles. The quantitative estimate of drug-likeness (QED) is 0.295. The van der Waals surface area contributed by atoms with E-state index in [-0.39, 0.29) is 11.5 Å². The molecule has 2 aromatic carbocycles. The van der Waals surface area contributed by atoms with Crippen molar-refractivity contribution in [2.24, 2.45) is 5.11 Å². The predicted octanol–water partition coefficient (Wildman–Crippen LogP) is 4.23. The summed E-state index contributed by atoms with van der Waals surface area (Å²) in [6.45, 7) is 0. The number of rotatable bonds is 4. The summed E-state index contributed by atoms with van der Waals surface area (Å²) in [5, 5.41) is 12.6. The lowest BCUT2D eigenvalue weighted by atomic mass is 10.1. The maximum Gasteiger partial charge on any atom is 0.185 e. The third-order valence-electron chi connectivity index (χ3n) is 2.63. The van der Waals surface area contributed by atoms with E-state index in [0.717, 1.165) is 5.56 Å². The van der Waals surface area contributed by atoms with Gasteiger partial charge in [-0.3, -0.25) is 4.79 Å². The predicted molar refractivity (Wildman–Crippen MR) is 76.7 cm³/mol. The fourth-order valence-electron chi connectivity index (χ4n) is 1.60. The summed E-state index contributed by atoms with van der Waals surface area (Å²) >= 11 is 0. The fourth-order valence-corrected chi connectivity index (χ4v) is 1.60. The molecular formula is C15H11N3O2. The number of nitrogens with zero attached hydrogens (tertiary/aromatic N) is 3. The Kier molecular flexibility index (Phi) is 4.17. The lowest BCUT2D eigenvalue weighted by Gasteiger charge is -1.97. The zero-order chi connectivity index (χ0) is 14.4. The van der Waals surface area contributed by atoms with Gasteiger partial charge in [-0.2, -0.15) is 0 Å². The lowest BCUT2D eigenvalue weighted by Crippen LogP contribution is -1.92. The van der Waals surface area contributed by atoms with Gasteiger partial charge in [-0.05, 0) is 41.4 Å². The van der Waals surface area contributed by atoms with Crippen molar-refractivity contribution in [3.05, 3.63) is 76.2 Å². The van der Waals surface area contributed by atoms with Crippen LogP contribution in [0.5, 0.6) is 5.75 Å². The minimum atomic E-state index is -0.149. The highest BCUT2D eigenvalue weighted by atomic mass is 16.3. The minimum Gasteiger partial charge on any atom is -0.508 e. The van der Waals surface area contributed by atoms with E-state index < -0.39 is 0 Å². The van der Waals surface area contributed by atoms with Crippen molar-refractivity contribution < 1.29 is 9.90 Å². The van der Waals surface area contributed by atoms with Crippen LogP contribution in [0.2, 0.25) is 0 Å². The van der Waals surface area contributed by atoms with Gasteiger partial charge in [0.25, 0.3) is 0 Å². The number of azide groups is 1. The number of phenolic OH excluding ortho intramolecular Hbond substituents is 1. The number of phenols is 1. The van der Waals surface area contributed by atoms with Gasteiger partial charge in [-0.1, -0.05) is 35.5 Å². The average molecular weight is 265 g/mol. The van der Waals surface area contributed by atoms with Crippen molar-refractivity contribution in [2.75, 3.05) is 0 Å². The summed E-state index contributed by atoms with van der Waals surface area (Å²) in [5.74, 6) is -0.0247. The molecule has 0 heterocycles. The van der Waals surface area contributed by atoms with E-state index in [4.69, 9.17) is 10.6 Å². The molecule has 0 fully saturated rings. The molecule has 0 radical (unpaired) electrons. The number of benzene rings is 2. The highest BCUT2D eigenvalue weighted by Crippen LogP contribution is 2.15. The Morgan fingerprint density at radius 1 is 1.10 bits per heavy atom. The zero-order valence-corrected chi connectivity index (χ0v) is 10.5. The standard InChI is InChI=1S/C15H11N3O2/c16-18-17-13-6-1-11(2-7-13)3-10-15(20)12-4-8-14(19)9-5-12/h1-10,19H/b10-3+. The van der Waals surface area contributed by atoms with Crippen LogP contribution in [0, 0.1) is 0 Å². The zero-order valence-electron chi connectivity index (χ0n) is 10.5. The van der Waals surface area contributed by atoms with Crippen LogP contribution in [-0.4, -0.2) is 10.9 Å². The normalized spacial score (nSPS) is 10.2. The summed E-state index contributed by atoms with van der Waals surface area (Å²) in [4.78, 5) is 14.6. The van der Waals surface area contributed by atoms with Gasteiger partial charge in [0, 0.05) is 16.2 Å². The molecule has 2 rings (SSSR count). The summed E-state index contributed by atoms with van der Waals surface area (Å²) in [6.07, 6.45) is 3.13. The summed E-state index contributed by atoms with van der Waals surface area (Å²) in [5.41, 5.74) is 10.1. The van der Waals surface area contributed by atoms with Crippen LogP contribution in [-0.2, 0) is 0 Å². The van der Waals surface area contributed by atoms with Gasteiger partial charge < -0.3 is 5.11 Å². The SMILES string of the molecule is [N-]=[N+]=Nc1ccc(/C=C/C(=O)c2ccc(O)cc2)cc1. The van der Waals surface area contributed by atoms with E-state index in [1.165, 1.54) is 18.2 Å². The van der Waals surface area contributed by atoms with Crippen LogP contribution in [0.25, 0.3) is 16.5 Å². The van der Waals surface area contributed by atoms with E-state index in [1.807, 2.05) is 0 Å². The number of ketones is 1. The van der Waals surface area contributed by atoms with Gasteiger partial charge in [0.05, 0.1) is 0 Å². The molecule has 5 heteroatoms. The first kappa shape index (κ1) is 13.4. The molecule has 0 amide bonds. The molecule has 98 valence electrons. The minimum absolute atomic E-state index is 0.124. The smallest absolute Gasteiger partial charge is 0.185 e. The Bertz CT molecular complexity index is 682. The second-order valence-corrected chi connectivity index (χ2v) is 4.03. The van der Waals surface area contributed by atoms with Crippen LogP contribution in [0.15, 0.2) is 59.7 Å². The number of hydrogen-bond donors (Lipinski definition) is 1. The Labute approximate surface area is 115 Å². The first-order valence-electron chi connectivity index (χ1n) is 5.85. The molecule has 0 aromatic heterocycles. The van der Waals surface area contributed by atoms with Gasteiger partial charge in [-0.15, -0.1) is 0 Å². The van der Waals surface area contributed by atoms with Gasteiger partial charge in [0.1, 0.15) is 5.75 Å². The van der Waals surface area contributed by atoms with Crippen molar-refractivity contribution in [1.29, 1.82) is 0 Å². The number of aromatic hydroxyl groups is 1.